The Balaban J connectivity index is 2.13. The molecule has 1 aromatic heterocycles. The number of nitrogens with zero attached hydrogens (tertiary/aromatic N) is 4. The minimum Gasteiger partial charge on any atom is -0.359 e. The fourth-order valence-corrected chi connectivity index (χ4v) is 0.921. The van der Waals surface area contributed by atoms with Gasteiger partial charge in [-0.2, -0.15) is 4.80 Å². The number of hydrogen-bond acceptors (Lipinski definition) is 5. The van der Waals surface area contributed by atoms with Gasteiger partial charge in [-0.25, -0.2) is 0 Å². The lowest BCUT2D eigenvalue weighted by molar-refractivity contribution is -0.120. The van der Waals surface area contributed by atoms with Crippen LogP contribution >= 0.6 is 0 Å². The van der Waals surface area contributed by atoms with E-state index in [2.05, 4.69) is 26.0 Å². The van der Waals surface area contributed by atoms with E-state index in [-0.39, 0.29) is 5.91 Å². The van der Waals surface area contributed by atoms with Crippen LogP contribution in [-0.2, 0) is 18.4 Å². The van der Waals surface area contributed by atoms with Crippen LogP contribution in [0.25, 0.3) is 0 Å². The van der Waals surface area contributed by atoms with Crippen molar-refractivity contribution in [2.45, 2.75) is 13.0 Å². The summed E-state index contributed by atoms with van der Waals surface area (Å²) in [5.74, 6) is 0.647. The van der Waals surface area contributed by atoms with E-state index in [4.69, 9.17) is 0 Å². The molecule has 14 heavy (non-hydrogen) atoms. The van der Waals surface area contributed by atoms with Gasteiger partial charge >= 0.3 is 0 Å². The molecule has 0 fully saturated rings. The monoisotopic (exact) mass is 198 g/mol. The van der Waals surface area contributed by atoms with E-state index in [1.807, 2.05) is 0 Å². The molecule has 0 atom stereocenters. The molecule has 2 N–H and O–H groups in total. The highest BCUT2D eigenvalue weighted by Crippen LogP contribution is 1.84. The van der Waals surface area contributed by atoms with E-state index in [1.54, 1.807) is 14.1 Å². The molecule has 0 unspecified atom stereocenters. The molecule has 0 saturated heterocycles. The normalized spacial score (nSPS) is 10.1. The third-order valence-electron chi connectivity index (χ3n) is 1.64. The first kappa shape index (κ1) is 10.6. The number of carbonyl (C=O) groups is 1. The number of carbonyl (C=O) groups excluding carboxylic acids is 1. The van der Waals surface area contributed by atoms with Crippen molar-refractivity contribution < 1.29 is 4.79 Å². The van der Waals surface area contributed by atoms with Gasteiger partial charge in [-0.05, 0) is 5.21 Å². The minimum atomic E-state index is 0.0182. The molecule has 7 heteroatoms. The number of hydrogen-bond donors (Lipinski definition) is 2. The Morgan fingerprint density at radius 2 is 2.36 bits per heavy atom. The van der Waals surface area contributed by atoms with E-state index in [1.165, 1.54) is 4.80 Å². The number of aromatic nitrogens is 4. The third-order valence-corrected chi connectivity index (χ3v) is 1.64. The van der Waals surface area contributed by atoms with Crippen molar-refractivity contribution in [1.82, 2.24) is 30.8 Å². The van der Waals surface area contributed by atoms with Gasteiger partial charge in [0.2, 0.25) is 5.91 Å². The van der Waals surface area contributed by atoms with Crippen LogP contribution in [0.3, 0.4) is 0 Å². The summed E-state index contributed by atoms with van der Waals surface area (Å²) >= 11 is 0. The Hall–Kier alpha value is -1.50. The summed E-state index contributed by atoms with van der Waals surface area (Å²) in [6.45, 7) is 1.14. The molecule has 1 amide bonds. The quantitative estimate of drug-likeness (QED) is 0.559. The Morgan fingerprint density at radius 3 is 2.93 bits per heavy atom. The van der Waals surface area contributed by atoms with E-state index in [9.17, 15) is 4.79 Å². The summed E-state index contributed by atoms with van der Waals surface area (Å²) < 4.78 is 0. The predicted octanol–water partition coefficient (Wildman–Crippen LogP) is -1.56. The smallest absolute Gasteiger partial charge is 0.221 e. The van der Waals surface area contributed by atoms with E-state index in [0.29, 0.717) is 25.3 Å². The lowest BCUT2D eigenvalue weighted by atomic mass is 10.4. The van der Waals surface area contributed by atoms with Crippen molar-refractivity contribution in [1.29, 1.82) is 0 Å². The summed E-state index contributed by atoms with van der Waals surface area (Å²) in [7, 11) is 3.33. The zero-order valence-corrected chi connectivity index (χ0v) is 8.32. The van der Waals surface area contributed by atoms with Crippen LogP contribution in [0.2, 0.25) is 0 Å². The number of nitrogens with one attached hydrogen (secondary N) is 2. The summed E-state index contributed by atoms with van der Waals surface area (Å²) in [6.07, 6.45) is 0.455. The lowest BCUT2D eigenvalue weighted by Gasteiger charge is -2.00. The van der Waals surface area contributed by atoms with E-state index >= 15 is 0 Å². The molecule has 0 saturated carbocycles. The van der Waals surface area contributed by atoms with Crippen LogP contribution in [0.5, 0.6) is 0 Å². The molecule has 0 aliphatic carbocycles. The van der Waals surface area contributed by atoms with E-state index < -0.39 is 0 Å². The molecule has 0 spiro atoms. The largest absolute Gasteiger partial charge is 0.359 e. The van der Waals surface area contributed by atoms with Crippen molar-refractivity contribution >= 4 is 5.91 Å². The third kappa shape index (κ3) is 3.48. The fourth-order valence-electron chi connectivity index (χ4n) is 0.921. The zero-order valence-electron chi connectivity index (χ0n) is 8.32. The second-order valence-corrected chi connectivity index (χ2v) is 2.80. The van der Waals surface area contributed by atoms with Gasteiger partial charge in [0.25, 0.3) is 0 Å². The highest BCUT2D eigenvalue weighted by Gasteiger charge is 2.00. The van der Waals surface area contributed by atoms with Crippen LogP contribution in [-0.4, -0.2) is 39.7 Å². The average molecular weight is 198 g/mol. The highest BCUT2D eigenvalue weighted by atomic mass is 16.1. The number of tetrazole rings is 1. The topological polar surface area (TPSA) is 84.7 Å². The summed E-state index contributed by atoms with van der Waals surface area (Å²) in [6, 6.07) is 0. The van der Waals surface area contributed by atoms with Crippen molar-refractivity contribution in [3.63, 3.8) is 0 Å². The van der Waals surface area contributed by atoms with Crippen LogP contribution in [0.15, 0.2) is 0 Å². The van der Waals surface area contributed by atoms with Crippen LogP contribution in [0, 0.1) is 0 Å². The maximum atomic E-state index is 10.8. The fraction of sp³-hybridized carbons (Fsp3) is 0.714. The van der Waals surface area contributed by atoms with Crippen molar-refractivity contribution in [2.24, 2.45) is 7.05 Å². The first-order valence-corrected chi connectivity index (χ1v) is 4.36. The highest BCUT2D eigenvalue weighted by molar-refractivity contribution is 5.75. The maximum Gasteiger partial charge on any atom is 0.221 e. The van der Waals surface area contributed by atoms with Gasteiger partial charge in [0.15, 0.2) is 5.82 Å². The minimum absolute atomic E-state index is 0.0182. The molecular weight excluding hydrogens is 184 g/mol. The summed E-state index contributed by atoms with van der Waals surface area (Å²) in [5.41, 5.74) is 0. The summed E-state index contributed by atoms with van der Waals surface area (Å²) in [4.78, 5) is 12.2. The summed E-state index contributed by atoms with van der Waals surface area (Å²) in [5, 5.41) is 17.0. The van der Waals surface area contributed by atoms with Crippen LogP contribution in [0.4, 0.5) is 0 Å². The second kappa shape index (κ2) is 5.28. The van der Waals surface area contributed by atoms with Crippen molar-refractivity contribution in [3.8, 4) is 0 Å². The Kier molecular flexibility index (Phi) is 3.99. The maximum absolute atomic E-state index is 10.8. The Bertz CT molecular complexity index is 296. The molecule has 78 valence electrons. The first-order valence-electron chi connectivity index (χ1n) is 4.36. The number of rotatable bonds is 5. The number of aryl methyl sites for hydroxylation is 1. The average Bonchev–Trinajstić information content (AvgIpc) is 2.58. The first-order chi connectivity index (χ1) is 6.72. The number of amides is 1. The molecule has 7 nitrogen and oxygen atoms in total. The molecule has 0 aliphatic heterocycles. The molecule has 0 radical (unpaired) electrons. The van der Waals surface area contributed by atoms with Gasteiger partial charge in [0, 0.05) is 20.0 Å². The molecule has 0 bridgehead atoms. The van der Waals surface area contributed by atoms with Gasteiger partial charge in [0.05, 0.1) is 13.6 Å². The van der Waals surface area contributed by atoms with Gasteiger partial charge in [-0.15, -0.1) is 10.2 Å². The molecule has 1 rings (SSSR count). The molecular formula is C7H14N6O. The van der Waals surface area contributed by atoms with Gasteiger partial charge in [-0.3, -0.25) is 4.79 Å². The van der Waals surface area contributed by atoms with Crippen molar-refractivity contribution in [3.05, 3.63) is 5.82 Å². The van der Waals surface area contributed by atoms with E-state index in [0.717, 1.165) is 0 Å². The Morgan fingerprint density at radius 1 is 1.57 bits per heavy atom. The van der Waals surface area contributed by atoms with Gasteiger partial charge < -0.3 is 10.6 Å². The standard InChI is InChI=1S/C7H14N6O/c1-8-7(14)3-4-9-5-6-10-12-13(2)11-6/h9H,3-5H2,1-2H3,(H,8,14). The lowest BCUT2D eigenvalue weighted by Crippen LogP contribution is -2.24. The second-order valence-electron chi connectivity index (χ2n) is 2.80. The Labute approximate surface area is 81.9 Å². The van der Waals surface area contributed by atoms with Gasteiger partial charge in [0.1, 0.15) is 0 Å². The van der Waals surface area contributed by atoms with Crippen molar-refractivity contribution in [2.75, 3.05) is 13.6 Å². The van der Waals surface area contributed by atoms with Crippen LogP contribution < -0.4 is 10.6 Å². The molecule has 1 aromatic rings. The SMILES string of the molecule is CNC(=O)CCNCc1nnn(C)n1. The van der Waals surface area contributed by atoms with Crippen LogP contribution in [0.1, 0.15) is 12.2 Å². The molecule has 0 aliphatic rings. The molecule has 0 aromatic carbocycles. The van der Waals surface area contributed by atoms with Gasteiger partial charge in [-0.1, -0.05) is 0 Å². The molecule has 1 heterocycles. The predicted molar refractivity (Wildman–Crippen MR) is 49.2 cm³/mol. The zero-order chi connectivity index (χ0) is 10.4.